The van der Waals surface area contributed by atoms with Gasteiger partial charge in [-0.15, -0.1) is 0 Å². The second-order valence-corrected chi connectivity index (χ2v) is 5.12. The van der Waals surface area contributed by atoms with Crippen molar-refractivity contribution >= 4 is 11.7 Å². The summed E-state index contributed by atoms with van der Waals surface area (Å²) < 4.78 is 0. The lowest BCUT2D eigenvalue weighted by Crippen LogP contribution is -2.49. The van der Waals surface area contributed by atoms with Gasteiger partial charge in [0, 0.05) is 5.56 Å². The highest BCUT2D eigenvalue weighted by atomic mass is 16.1. The molecule has 102 valence electrons. The zero-order valence-electron chi connectivity index (χ0n) is 11.3. The van der Waals surface area contributed by atoms with Crippen LogP contribution in [0.2, 0.25) is 0 Å². The Balaban J connectivity index is 2.09. The zero-order chi connectivity index (χ0) is 13.8. The van der Waals surface area contributed by atoms with Crippen molar-refractivity contribution < 1.29 is 9.59 Å². The maximum Gasteiger partial charge on any atom is 0.234 e. The largest absolute Gasteiger partial charge is 0.368 e. The molecule has 0 aromatic heterocycles. The van der Waals surface area contributed by atoms with Gasteiger partial charge in [-0.25, -0.2) is 0 Å². The highest BCUT2D eigenvalue weighted by Gasteiger charge is 2.28. The van der Waals surface area contributed by atoms with Crippen LogP contribution in [-0.2, 0) is 4.79 Å². The van der Waals surface area contributed by atoms with Crippen LogP contribution in [0.1, 0.15) is 35.2 Å². The summed E-state index contributed by atoms with van der Waals surface area (Å²) in [5, 5.41) is 0. The standard InChI is InChI=1S/C15H20N2O2/c1-11-6-2-3-7-12(11)14(18)10-17-9-5-4-8-13(17)15(16)19/h2-3,6-7,13H,4-5,8-10H2,1H3,(H2,16,19). The van der Waals surface area contributed by atoms with Gasteiger partial charge in [0.25, 0.3) is 0 Å². The van der Waals surface area contributed by atoms with Crippen LogP contribution in [0.5, 0.6) is 0 Å². The number of amides is 1. The fourth-order valence-electron chi connectivity index (χ4n) is 2.66. The van der Waals surface area contributed by atoms with Crippen LogP contribution < -0.4 is 5.73 Å². The van der Waals surface area contributed by atoms with E-state index in [2.05, 4.69) is 0 Å². The number of Topliss-reactive ketones (excluding diaryl/α,β-unsaturated/α-hetero) is 1. The third-order valence-corrected chi connectivity index (χ3v) is 3.73. The van der Waals surface area contributed by atoms with Crippen LogP contribution in [0.4, 0.5) is 0 Å². The van der Waals surface area contributed by atoms with Crippen molar-refractivity contribution in [1.29, 1.82) is 0 Å². The fraction of sp³-hybridized carbons (Fsp3) is 0.467. The second kappa shape index (κ2) is 5.97. The Hall–Kier alpha value is -1.68. The smallest absolute Gasteiger partial charge is 0.234 e. The number of likely N-dealkylation sites (tertiary alicyclic amines) is 1. The summed E-state index contributed by atoms with van der Waals surface area (Å²) >= 11 is 0. The predicted molar refractivity (Wildman–Crippen MR) is 73.9 cm³/mol. The first-order chi connectivity index (χ1) is 9.09. The van der Waals surface area contributed by atoms with E-state index in [0.717, 1.165) is 36.9 Å². The number of piperidine rings is 1. The van der Waals surface area contributed by atoms with E-state index in [1.54, 1.807) is 0 Å². The van der Waals surface area contributed by atoms with Crippen molar-refractivity contribution in [2.75, 3.05) is 13.1 Å². The molecule has 1 amide bonds. The number of rotatable bonds is 4. The number of carbonyl (C=O) groups excluding carboxylic acids is 2. The van der Waals surface area contributed by atoms with Crippen LogP contribution in [0.15, 0.2) is 24.3 Å². The maximum atomic E-state index is 12.3. The van der Waals surface area contributed by atoms with Gasteiger partial charge >= 0.3 is 0 Å². The lowest BCUT2D eigenvalue weighted by molar-refractivity contribution is -0.124. The van der Waals surface area contributed by atoms with E-state index in [9.17, 15) is 9.59 Å². The maximum absolute atomic E-state index is 12.3. The molecule has 1 saturated heterocycles. The fourth-order valence-corrected chi connectivity index (χ4v) is 2.66. The number of nitrogens with two attached hydrogens (primary N) is 1. The molecule has 1 aliphatic rings. The van der Waals surface area contributed by atoms with Gasteiger partial charge in [-0.3, -0.25) is 14.5 Å². The van der Waals surface area contributed by atoms with Gasteiger partial charge in [-0.05, 0) is 31.9 Å². The summed E-state index contributed by atoms with van der Waals surface area (Å²) in [6.45, 7) is 2.97. The number of hydrogen-bond acceptors (Lipinski definition) is 3. The van der Waals surface area contributed by atoms with Crippen LogP contribution in [-0.4, -0.2) is 35.7 Å². The zero-order valence-corrected chi connectivity index (χ0v) is 11.3. The van der Waals surface area contributed by atoms with E-state index >= 15 is 0 Å². The molecule has 2 N–H and O–H groups in total. The molecule has 0 spiro atoms. The van der Waals surface area contributed by atoms with Gasteiger partial charge in [0.15, 0.2) is 5.78 Å². The summed E-state index contributed by atoms with van der Waals surface area (Å²) in [6, 6.07) is 7.25. The predicted octanol–water partition coefficient (Wildman–Crippen LogP) is 1.52. The molecule has 0 radical (unpaired) electrons. The Bertz CT molecular complexity index is 485. The van der Waals surface area contributed by atoms with Crippen molar-refractivity contribution in [3.63, 3.8) is 0 Å². The van der Waals surface area contributed by atoms with Crippen molar-refractivity contribution in [1.82, 2.24) is 4.90 Å². The van der Waals surface area contributed by atoms with Crippen molar-refractivity contribution in [2.45, 2.75) is 32.2 Å². The van der Waals surface area contributed by atoms with E-state index < -0.39 is 0 Å². The highest BCUT2D eigenvalue weighted by molar-refractivity contribution is 5.99. The summed E-state index contributed by atoms with van der Waals surface area (Å²) in [5.74, 6) is -0.261. The monoisotopic (exact) mass is 260 g/mol. The van der Waals surface area contributed by atoms with Crippen molar-refractivity contribution in [3.8, 4) is 0 Å². The molecule has 1 heterocycles. The molecule has 4 heteroatoms. The van der Waals surface area contributed by atoms with Crippen LogP contribution >= 0.6 is 0 Å². The molecule has 0 bridgehead atoms. The minimum absolute atomic E-state index is 0.0613. The third-order valence-electron chi connectivity index (χ3n) is 3.73. The van der Waals surface area contributed by atoms with Gasteiger partial charge in [0.2, 0.25) is 5.91 Å². The first-order valence-corrected chi connectivity index (χ1v) is 6.72. The van der Waals surface area contributed by atoms with Crippen LogP contribution in [0.25, 0.3) is 0 Å². The molecule has 2 rings (SSSR count). The van der Waals surface area contributed by atoms with E-state index in [0.29, 0.717) is 0 Å². The number of nitrogens with zero attached hydrogens (tertiary/aromatic N) is 1. The Morgan fingerprint density at radius 1 is 1.32 bits per heavy atom. The number of aryl methyl sites for hydroxylation is 1. The van der Waals surface area contributed by atoms with Crippen molar-refractivity contribution in [3.05, 3.63) is 35.4 Å². The number of ketones is 1. The summed E-state index contributed by atoms with van der Waals surface area (Å²) in [7, 11) is 0. The van der Waals surface area contributed by atoms with E-state index in [-0.39, 0.29) is 24.3 Å². The molecule has 0 aliphatic carbocycles. The Kier molecular flexibility index (Phi) is 4.32. The molecule has 1 atom stereocenters. The van der Waals surface area contributed by atoms with Gasteiger partial charge in [-0.2, -0.15) is 0 Å². The highest BCUT2D eigenvalue weighted by Crippen LogP contribution is 2.18. The van der Waals surface area contributed by atoms with Crippen LogP contribution in [0.3, 0.4) is 0 Å². The average molecular weight is 260 g/mol. The second-order valence-electron chi connectivity index (χ2n) is 5.12. The summed E-state index contributed by atoms with van der Waals surface area (Å²) in [5.41, 5.74) is 7.12. The number of primary amides is 1. The van der Waals surface area contributed by atoms with Gasteiger partial charge < -0.3 is 5.73 Å². The Labute approximate surface area is 113 Å². The molecule has 1 aromatic rings. The molecular weight excluding hydrogens is 240 g/mol. The van der Waals surface area contributed by atoms with E-state index in [1.165, 1.54) is 0 Å². The summed E-state index contributed by atoms with van der Waals surface area (Å²) in [4.78, 5) is 25.6. The molecule has 1 unspecified atom stereocenters. The van der Waals surface area contributed by atoms with Gasteiger partial charge in [0.1, 0.15) is 0 Å². The van der Waals surface area contributed by atoms with E-state index in [4.69, 9.17) is 5.73 Å². The first-order valence-electron chi connectivity index (χ1n) is 6.72. The lowest BCUT2D eigenvalue weighted by atomic mass is 9.99. The normalized spacial score (nSPS) is 20.2. The Morgan fingerprint density at radius 2 is 2.05 bits per heavy atom. The van der Waals surface area contributed by atoms with Gasteiger partial charge in [0.05, 0.1) is 12.6 Å². The summed E-state index contributed by atoms with van der Waals surface area (Å²) in [6.07, 6.45) is 2.78. The molecule has 4 nitrogen and oxygen atoms in total. The molecule has 0 saturated carbocycles. The molecule has 1 aliphatic heterocycles. The Morgan fingerprint density at radius 3 is 2.74 bits per heavy atom. The van der Waals surface area contributed by atoms with E-state index in [1.807, 2.05) is 36.1 Å². The number of carbonyl (C=O) groups is 2. The first kappa shape index (κ1) is 13.7. The molecule has 19 heavy (non-hydrogen) atoms. The van der Waals surface area contributed by atoms with Gasteiger partial charge in [-0.1, -0.05) is 30.7 Å². The molecule has 1 aromatic carbocycles. The average Bonchev–Trinajstić information content (AvgIpc) is 2.39. The SMILES string of the molecule is Cc1ccccc1C(=O)CN1CCCCC1C(N)=O. The third kappa shape index (κ3) is 3.20. The molecule has 1 fully saturated rings. The lowest BCUT2D eigenvalue weighted by Gasteiger charge is -2.33. The topological polar surface area (TPSA) is 63.4 Å². The quantitative estimate of drug-likeness (QED) is 0.835. The number of hydrogen-bond donors (Lipinski definition) is 1. The number of benzene rings is 1. The molecular formula is C15H20N2O2. The minimum atomic E-state index is -0.322. The van der Waals surface area contributed by atoms with Crippen LogP contribution in [0, 0.1) is 6.92 Å². The minimum Gasteiger partial charge on any atom is -0.368 e. The van der Waals surface area contributed by atoms with Crippen molar-refractivity contribution in [2.24, 2.45) is 5.73 Å².